The Morgan fingerprint density at radius 3 is 2.42 bits per heavy atom. The fourth-order valence-electron chi connectivity index (χ4n) is 3.20. The van der Waals surface area contributed by atoms with Gasteiger partial charge in [0, 0.05) is 25.3 Å². The number of amides is 1. The van der Waals surface area contributed by atoms with E-state index in [9.17, 15) is 13.2 Å². The van der Waals surface area contributed by atoms with E-state index in [1.165, 1.54) is 0 Å². The largest absolute Gasteiger partial charge is 0.369 e. The lowest BCUT2D eigenvalue weighted by Crippen LogP contribution is -2.33. The summed E-state index contributed by atoms with van der Waals surface area (Å²) >= 11 is 0. The topological polar surface area (TPSA) is 70.6 Å². The Hall–Kier alpha value is -2.41. The summed E-state index contributed by atoms with van der Waals surface area (Å²) in [6.07, 6.45) is 2.26. The molecule has 1 aliphatic rings. The number of sulfone groups is 1. The van der Waals surface area contributed by atoms with Gasteiger partial charge in [0.2, 0.25) is 0 Å². The van der Waals surface area contributed by atoms with E-state index in [0.717, 1.165) is 11.4 Å². The zero-order chi connectivity index (χ0) is 18.7. The number of aromatic nitrogens is 1. The maximum absolute atomic E-state index is 12.8. The molecule has 0 bridgehead atoms. The molecule has 26 heavy (non-hydrogen) atoms. The van der Waals surface area contributed by atoms with E-state index < -0.39 is 9.84 Å². The SMILES string of the molecule is CCN(C(=O)c1ccc(N(C)C2CCS(=O)(=O)C2)cn1)c1ccccc1. The molecule has 1 unspecified atom stereocenters. The molecule has 1 amide bonds. The van der Waals surface area contributed by atoms with Crippen molar-refractivity contribution in [3.05, 3.63) is 54.4 Å². The Balaban J connectivity index is 1.75. The molecule has 1 aromatic carbocycles. The van der Waals surface area contributed by atoms with Crippen molar-refractivity contribution in [2.24, 2.45) is 0 Å². The molecule has 6 nitrogen and oxygen atoms in total. The molecule has 0 aliphatic carbocycles. The van der Waals surface area contributed by atoms with Crippen LogP contribution in [0.5, 0.6) is 0 Å². The standard InChI is InChI=1S/C19H23N3O3S/c1-3-22(15-7-5-4-6-8-15)19(23)18-10-9-16(13-20-18)21(2)17-11-12-26(24,25)14-17/h4-10,13,17H,3,11-12,14H2,1-2H3. The number of carbonyl (C=O) groups is 1. The number of nitrogens with zero attached hydrogens (tertiary/aromatic N) is 3. The fraction of sp³-hybridized carbons (Fsp3) is 0.368. The summed E-state index contributed by atoms with van der Waals surface area (Å²) in [5, 5.41) is 0. The number of para-hydroxylation sites is 1. The van der Waals surface area contributed by atoms with Crippen LogP contribution in [0, 0.1) is 0 Å². The van der Waals surface area contributed by atoms with E-state index in [0.29, 0.717) is 18.7 Å². The Kier molecular flexibility index (Phi) is 5.27. The van der Waals surface area contributed by atoms with Crippen LogP contribution in [0.2, 0.25) is 0 Å². The van der Waals surface area contributed by atoms with Crippen molar-refractivity contribution < 1.29 is 13.2 Å². The van der Waals surface area contributed by atoms with Gasteiger partial charge < -0.3 is 9.80 Å². The van der Waals surface area contributed by atoms with Crippen molar-refractivity contribution >= 4 is 27.1 Å². The normalized spacial score (nSPS) is 18.5. The molecule has 1 saturated heterocycles. The van der Waals surface area contributed by atoms with Crippen LogP contribution in [0.3, 0.4) is 0 Å². The number of rotatable bonds is 5. The number of hydrogen-bond acceptors (Lipinski definition) is 5. The quantitative estimate of drug-likeness (QED) is 0.805. The van der Waals surface area contributed by atoms with Gasteiger partial charge in [-0.2, -0.15) is 0 Å². The minimum atomic E-state index is -2.94. The van der Waals surface area contributed by atoms with Crippen molar-refractivity contribution in [1.82, 2.24) is 4.98 Å². The minimum absolute atomic E-state index is 0.0418. The third-order valence-corrected chi connectivity index (χ3v) is 6.51. The summed E-state index contributed by atoms with van der Waals surface area (Å²) in [5.41, 5.74) is 2.01. The second kappa shape index (κ2) is 7.45. The van der Waals surface area contributed by atoms with Gasteiger partial charge in [-0.05, 0) is 37.6 Å². The number of hydrogen-bond donors (Lipinski definition) is 0. The third kappa shape index (κ3) is 3.88. The highest BCUT2D eigenvalue weighted by Gasteiger charge is 2.31. The molecule has 1 fully saturated rings. The van der Waals surface area contributed by atoms with Crippen LogP contribution in [0.15, 0.2) is 48.7 Å². The molecule has 0 spiro atoms. The van der Waals surface area contributed by atoms with E-state index in [4.69, 9.17) is 0 Å². The molecule has 7 heteroatoms. The molecule has 1 atom stereocenters. The first-order valence-electron chi connectivity index (χ1n) is 8.67. The van der Waals surface area contributed by atoms with Gasteiger partial charge >= 0.3 is 0 Å². The van der Waals surface area contributed by atoms with Gasteiger partial charge in [0.05, 0.1) is 23.4 Å². The first-order chi connectivity index (χ1) is 12.4. The lowest BCUT2D eigenvalue weighted by Gasteiger charge is -2.25. The van der Waals surface area contributed by atoms with Crippen molar-refractivity contribution in [3.63, 3.8) is 0 Å². The first-order valence-corrected chi connectivity index (χ1v) is 10.5. The van der Waals surface area contributed by atoms with E-state index >= 15 is 0 Å². The van der Waals surface area contributed by atoms with Crippen molar-refractivity contribution in [3.8, 4) is 0 Å². The molecular formula is C19H23N3O3S. The zero-order valence-corrected chi connectivity index (χ0v) is 15.8. The Morgan fingerprint density at radius 1 is 1.15 bits per heavy atom. The highest BCUT2D eigenvalue weighted by atomic mass is 32.2. The Morgan fingerprint density at radius 2 is 1.88 bits per heavy atom. The van der Waals surface area contributed by atoms with Crippen LogP contribution in [0.1, 0.15) is 23.8 Å². The second-order valence-electron chi connectivity index (χ2n) is 6.45. The summed E-state index contributed by atoms with van der Waals surface area (Å²) in [7, 11) is -1.07. The van der Waals surface area contributed by atoms with E-state index in [2.05, 4.69) is 4.98 Å². The fourth-order valence-corrected chi connectivity index (χ4v) is 4.98. The molecule has 138 valence electrons. The molecule has 2 heterocycles. The lowest BCUT2D eigenvalue weighted by atomic mass is 10.2. The van der Waals surface area contributed by atoms with E-state index in [-0.39, 0.29) is 23.5 Å². The van der Waals surface area contributed by atoms with Gasteiger partial charge in [0.1, 0.15) is 5.69 Å². The number of benzene rings is 1. The number of carbonyl (C=O) groups excluding carboxylic acids is 1. The Bertz CT molecular complexity index is 867. The van der Waals surface area contributed by atoms with Crippen molar-refractivity contribution in [2.45, 2.75) is 19.4 Å². The summed E-state index contributed by atoms with van der Waals surface area (Å²) in [6, 6.07) is 13.0. The molecular weight excluding hydrogens is 350 g/mol. The summed E-state index contributed by atoms with van der Waals surface area (Å²) < 4.78 is 23.3. The molecule has 0 radical (unpaired) electrons. The molecule has 2 aromatic rings. The average molecular weight is 373 g/mol. The van der Waals surface area contributed by atoms with Gasteiger partial charge in [0.15, 0.2) is 9.84 Å². The molecule has 0 N–H and O–H groups in total. The van der Waals surface area contributed by atoms with Gasteiger partial charge in [-0.3, -0.25) is 4.79 Å². The van der Waals surface area contributed by atoms with Crippen LogP contribution in [-0.2, 0) is 9.84 Å². The lowest BCUT2D eigenvalue weighted by molar-refractivity contribution is 0.0983. The Labute approximate surface area is 154 Å². The number of anilines is 2. The van der Waals surface area contributed by atoms with Crippen LogP contribution in [0.25, 0.3) is 0 Å². The van der Waals surface area contributed by atoms with Gasteiger partial charge in [0.25, 0.3) is 5.91 Å². The molecule has 1 aromatic heterocycles. The predicted molar refractivity (Wildman–Crippen MR) is 103 cm³/mol. The van der Waals surface area contributed by atoms with E-state index in [1.54, 1.807) is 17.2 Å². The summed E-state index contributed by atoms with van der Waals surface area (Å²) in [4.78, 5) is 20.7. The maximum atomic E-state index is 12.8. The third-order valence-electron chi connectivity index (χ3n) is 4.76. The van der Waals surface area contributed by atoms with Crippen molar-refractivity contribution in [2.75, 3.05) is 34.9 Å². The molecule has 1 aliphatic heterocycles. The first kappa shape index (κ1) is 18.4. The van der Waals surface area contributed by atoms with Crippen molar-refractivity contribution in [1.29, 1.82) is 0 Å². The zero-order valence-electron chi connectivity index (χ0n) is 15.0. The van der Waals surface area contributed by atoms with Crippen LogP contribution < -0.4 is 9.80 Å². The van der Waals surface area contributed by atoms with Gasteiger partial charge in [-0.25, -0.2) is 13.4 Å². The van der Waals surface area contributed by atoms with Crippen LogP contribution in [0.4, 0.5) is 11.4 Å². The predicted octanol–water partition coefficient (Wildman–Crippen LogP) is 2.37. The highest BCUT2D eigenvalue weighted by molar-refractivity contribution is 7.91. The second-order valence-corrected chi connectivity index (χ2v) is 8.68. The van der Waals surface area contributed by atoms with Crippen LogP contribution in [-0.4, -0.2) is 50.4 Å². The maximum Gasteiger partial charge on any atom is 0.276 e. The summed E-state index contributed by atoms with van der Waals surface area (Å²) in [5.74, 6) is 0.243. The summed E-state index contributed by atoms with van der Waals surface area (Å²) in [6.45, 7) is 2.47. The monoisotopic (exact) mass is 373 g/mol. The van der Waals surface area contributed by atoms with Crippen LogP contribution >= 0.6 is 0 Å². The van der Waals surface area contributed by atoms with Gasteiger partial charge in [-0.15, -0.1) is 0 Å². The minimum Gasteiger partial charge on any atom is -0.369 e. The molecule has 0 saturated carbocycles. The smallest absolute Gasteiger partial charge is 0.276 e. The average Bonchev–Trinajstić information content (AvgIpc) is 3.02. The van der Waals surface area contributed by atoms with Gasteiger partial charge in [-0.1, -0.05) is 18.2 Å². The number of pyridine rings is 1. The molecule has 3 rings (SSSR count). The van der Waals surface area contributed by atoms with E-state index in [1.807, 2.05) is 55.3 Å². The highest BCUT2D eigenvalue weighted by Crippen LogP contribution is 2.23.